The Morgan fingerprint density at radius 2 is 1.67 bits per heavy atom. The predicted molar refractivity (Wildman–Crippen MR) is 79.3 cm³/mol. The first-order chi connectivity index (χ1) is 7.97. The second-order valence-corrected chi connectivity index (χ2v) is 12.5. The van der Waals surface area contributed by atoms with Gasteiger partial charge in [-0.1, -0.05) is 27.2 Å². The van der Waals surface area contributed by atoms with E-state index in [-0.39, 0.29) is 16.6 Å². The number of hydrogen-bond acceptors (Lipinski definition) is 2. The molecule has 1 saturated carbocycles. The fourth-order valence-corrected chi connectivity index (χ4v) is 4.36. The highest BCUT2D eigenvalue weighted by Crippen LogP contribution is 2.42. The van der Waals surface area contributed by atoms with Gasteiger partial charge in [0.1, 0.15) is 5.78 Å². The Morgan fingerprint density at radius 1 is 1.11 bits per heavy atom. The van der Waals surface area contributed by atoms with Crippen LogP contribution in [-0.2, 0) is 9.22 Å². The Morgan fingerprint density at radius 3 is 2.11 bits per heavy atom. The molecule has 0 saturated heterocycles. The van der Waals surface area contributed by atoms with Crippen molar-refractivity contribution in [3.05, 3.63) is 0 Å². The Hall–Kier alpha value is -0.153. The number of ketones is 1. The van der Waals surface area contributed by atoms with Gasteiger partial charge < -0.3 is 4.43 Å². The van der Waals surface area contributed by atoms with Gasteiger partial charge in [0.05, 0.1) is 5.60 Å². The van der Waals surface area contributed by atoms with E-state index in [1.54, 1.807) is 0 Å². The third-order valence-electron chi connectivity index (χ3n) is 4.72. The summed E-state index contributed by atoms with van der Waals surface area (Å²) in [6.45, 7) is 15.5. The maximum absolute atomic E-state index is 12.1. The van der Waals surface area contributed by atoms with Crippen LogP contribution in [0.5, 0.6) is 0 Å². The van der Waals surface area contributed by atoms with Crippen LogP contribution in [0.15, 0.2) is 0 Å². The number of hydrogen-bond donors (Lipinski definition) is 0. The molecule has 1 rings (SSSR count). The number of carbonyl (C=O) groups excluding carboxylic acids is 1. The first-order valence-electron chi connectivity index (χ1n) is 7.20. The topological polar surface area (TPSA) is 26.3 Å². The van der Waals surface area contributed by atoms with Gasteiger partial charge in [-0.15, -0.1) is 0 Å². The molecule has 106 valence electrons. The Kier molecular flexibility index (Phi) is 4.49. The van der Waals surface area contributed by atoms with Crippen LogP contribution in [0.3, 0.4) is 0 Å². The minimum atomic E-state index is -1.81. The van der Waals surface area contributed by atoms with Gasteiger partial charge in [0, 0.05) is 12.3 Å². The molecular formula is C15H30O2Si. The molecular weight excluding hydrogens is 240 g/mol. The van der Waals surface area contributed by atoms with Crippen LogP contribution in [0.1, 0.15) is 60.3 Å². The first-order valence-corrected chi connectivity index (χ1v) is 10.1. The summed E-state index contributed by atoms with van der Waals surface area (Å²) in [6, 6.07) is 0. The quantitative estimate of drug-likeness (QED) is 0.703. The van der Waals surface area contributed by atoms with Crippen molar-refractivity contribution in [1.82, 2.24) is 0 Å². The number of rotatable bonds is 3. The van der Waals surface area contributed by atoms with Crippen molar-refractivity contribution in [3.8, 4) is 0 Å². The van der Waals surface area contributed by atoms with Crippen LogP contribution < -0.4 is 0 Å². The SMILES string of the molecule is CC(C)(O[Si](C)(C)C(C)(C)C)C1CCCCC1=O. The van der Waals surface area contributed by atoms with Gasteiger partial charge in [-0.25, -0.2) is 0 Å². The van der Waals surface area contributed by atoms with E-state index < -0.39 is 8.32 Å². The zero-order chi connectivity index (χ0) is 14.2. The Bertz CT molecular complexity index is 313. The van der Waals surface area contributed by atoms with Crippen LogP contribution in [0.25, 0.3) is 0 Å². The predicted octanol–water partition coefficient (Wildman–Crippen LogP) is 4.55. The van der Waals surface area contributed by atoms with Gasteiger partial charge in [0.25, 0.3) is 0 Å². The summed E-state index contributed by atoms with van der Waals surface area (Å²) < 4.78 is 6.52. The van der Waals surface area contributed by atoms with Crippen molar-refractivity contribution >= 4 is 14.1 Å². The molecule has 3 heteroatoms. The van der Waals surface area contributed by atoms with Crippen molar-refractivity contribution < 1.29 is 9.22 Å². The van der Waals surface area contributed by atoms with Crippen molar-refractivity contribution in [2.24, 2.45) is 5.92 Å². The smallest absolute Gasteiger partial charge is 0.192 e. The van der Waals surface area contributed by atoms with E-state index in [0.717, 1.165) is 19.3 Å². The van der Waals surface area contributed by atoms with Crippen molar-refractivity contribution in [2.45, 2.75) is 84.0 Å². The lowest BCUT2D eigenvalue weighted by Gasteiger charge is -2.46. The molecule has 18 heavy (non-hydrogen) atoms. The van der Waals surface area contributed by atoms with Crippen LogP contribution in [0.2, 0.25) is 18.1 Å². The summed E-state index contributed by atoms with van der Waals surface area (Å²) in [5.74, 6) is 0.505. The lowest BCUT2D eigenvalue weighted by atomic mass is 9.78. The molecule has 0 heterocycles. The summed E-state index contributed by atoms with van der Waals surface area (Å²) >= 11 is 0. The third kappa shape index (κ3) is 3.44. The van der Waals surface area contributed by atoms with Gasteiger partial charge in [-0.05, 0) is 44.8 Å². The number of Topliss-reactive ketones (excluding diaryl/α,β-unsaturated/α-hetero) is 1. The second-order valence-electron chi connectivity index (χ2n) is 7.73. The fourth-order valence-electron chi connectivity index (χ4n) is 2.60. The fraction of sp³-hybridized carbons (Fsp3) is 0.933. The highest BCUT2D eigenvalue weighted by atomic mass is 28.4. The largest absolute Gasteiger partial charge is 0.411 e. The molecule has 1 aliphatic carbocycles. The Balaban J connectivity index is 2.83. The van der Waals surface area contributed by atoms with Gasteiger partial charge >= 0.3 is 0 Å². The second kappa shape index (κ2) is 5.08. The molecule has 0 aromatic heterocycles. The Labute approximate surface area is 114 Å². The summed E-state index contributed by atoms with van der Waals surface area (Å²) in [5, 5.41) is 0.196. The van der Waals surface area contributed by atoms with Crippen LogP contribution in [-0.4, -0.2) is 19.7 Å². The van der Waals surface area contributed by atoms with Gasteiger partial charge in [-0.2, -0.15) is 0 Å². The van der Waals surface area contributed by atoms with E-state index in [9.17, 15) is 4.79 Å². The molecule has 0 bridgehead atoms. The molecule has 0 amide bonds. The van der Waals surface area contributed by atoms with Crippen molar-refractivity contribution in [2.75, 3.05) is 0 Å². The van der Waals surface area contributed by atoms with E-state index in [1.807, 2.05) is 0 Å². The zero-order valence-corrected chi connectivity index (χ0v) is 14.2. The molecule has 2 nitrogen and oxygen atoms in total. The average molecular weight is 270 g/mol. The molecule has 0 aromatic carbocycles. The maximum atomic E-state index is 12.1. The highest BCUT2D eigenvalue weighted by Gasteiger charge is 2.45. The van der Waals surface area contributed by atoms with Crippen molar-refractivity contribution in [3.63, 3.8) is 0 Å². The summed E-state index contributed by atoms with van der Waals surface area (Å²) in [5.41, 5.74) is -0.305. The maximum Gasteiger partial charge on any atom is 0.192 e. The lowest BCUT2D eigenvalue weighted by Crippen LogP contribution is -2.52. The van der Waals surface area contributed by atoms with Crippen LogP contribution in [0.4, 0.5) is 0 Å². The monoisotopic (exact) mass is 270 g/mol. The molecule has 1 atom stereocenters. The molecule has 0 N–H and O–H groups in total. The molecule has 1 fully saturated rings. The minimum absolute atomic E-state index is 0.0976. The summed E-state index contributed by atoms with van der Waals surface area (Å²) in [4.78, 5) is 12.1. The number of carbonyl (C=O) groups is 1. The highest BCUT2D eigenvalue weighted by molar-refractivity contribution is 6.74. The third-order valence-corrected chi connectivity index (χ3v) is 9.37. The van der Waals surface area contributed by atoms with E-state index >= 15 is 0 Å². The van der Waals surface area contributed by atoms with Crippen LogP contribution >= 0.6 is 0 Å². The standard InChI is InChI=1S/C15H30O2Si/c1-14(2,3)18(6,7)17-15(4,5)12-10-8-9-11-13(12)16/h12H,8-11H2,1-7H3. The average Bonchev–Trinajstić information content (AvgIpc) is 2.14. The minimum Gasteiger partial charge on any atom is -0.411 e. The van der Waals surface area contributed by atoms with Crippen molar-refractivity contribution in [1.29, 1.82) is 0 Å². The van der Waals surface area contributed by atoms with Gasteiger partial charge in [-0.3, -0.25) is 4.79 Å². The van der Waals surface area contributed by atoms with E-state index in [1.165, 1.54) is 6.42 Å². The van der Waals surface area contributed by atoms with E-state index in [2.05, 4.69) is 47.7 Å². The molecule has 0 spiro atoms. The lowest BCUT2D eigenvalue weighted by molar-refractivity contribution is -0.131. The molecule has 0 aliphatic heterocycles. The zero-order valence-electron chi connectivity index (χ0n) is 13.2. The molecule has 0 aromatic rings. The molecule has 0 radical (unpaired) electrons. The summed E-state index contributed by atoms with van der Waals surface area (Å²) in [7, 11) is -1.81. The van der Waals surface area contributed by atoms with Gasteiger partial charge in [0.2, 0.25) is 0 Å². The summed E-state index contributed by atoms with van der Waals surface area (Å²) in [6.07, 6.45) is 3.97. The van der Waals surface area contributed by atoms with E-state index in [0.29, 0.717) is 5.78 Å². The van der Waals surface area contributed by atoms with Gasteiger partial charge in [0.15, 0.2) is 8.32 Å². The van der Waals surface area contributed by atoms with Crippen LogP contribution in [0, 0.1) is 5.92 Å². The molecule has 1 unspecified atom stereocenters. The van der Waals surface area contributed by atoms with E-state index in [4.69, 9.17) is 4.43 Å². The molecule has 1 aliphatic rings. The normalized spacial score (nSPS) is 23.3. The first kappa shape index (κ1) is 15.9.